The van der Waals surface area contributed by atoms with Crippen molar-refractivity contribution >= 4 is 23.4 Å². The molecule has 2 rings (SSSR count). The summed E-state index contributed by atoms with van der Waals surface area (Å²) in [6.07, 6.45) is 0.927. The molecule has 0 spiro atoms. The zero-order valence-electron chi connectivity index (χ0n) is 10.5. The molecular weight excluding hydrogens is 256 g/mol. The van der Waals surface area contributed by atoms with E-state index in [-0.39, 0.29) is 16.4 Å². The third kappa shape index (κ3) is 2.85. The van der Waals surface area contributed by atoms with E-state index in [1.165, 1.54) is 0 Å². The molecule has 2 N–H and O–H groups in total. The van der Waals surface area contributed by atoms with E-state index in [0.29, 0.717) is 13.1 Å². The smallest absolute Gasteiger partial charge is 0.168 e. The van der Waals surface area contributed by atoms with Gasteiger partial charge in [0.25, 0.3) is 0 Å². The van der Waals surface area contributed by atoms with Gasteiger partial charge in [-0.3, -0.25) is 0 Å². The van der Waals surface area contributed by atoms with Crippen LogP contribution in [0.15, 0.2) is 6.07 Å². The standard InChI is InChI=1S/C12H17F2N3S/c1-12(2)3-4-17(5-6-18-12)11-9(14)7-8(13)10(15)16-11/h7H,3-6H2,1-2H3,(H2,15,16). The summed E-state index contributed by atoms with van der Waals surface area (Å²) in [6, 6.07) is 0.806. The number of hydrogen-bond acceptors (Lipinski definition) is 4. The molecule has 100 valence electrons. The molecule has 0 atom stereocenters. The van der Waals surface area contributed by atoms with Crippen LogP contribution in [0.1, 0.15) is 20.3 Å². The fraction of sp³-hybridized carbons (Fsp3) is 0.583. The number of nitrogens with zero attached hydrogens (tertiary/aromatic N) is 2. The lowest BCUT2D eigenvalue weighted by Gasteiger charge is -2.23. The van der Waals surface area contributed by atoms with Crippen LogP contribution in [0.25, 0.3) is 0 Å². The van der Waals surface area contributed by atoms with Gasteiger partial charge in [-0.15, -0.1) is 0 Å². The van der Waals surface area contributed by atoms with Gasteiger partial charge in [-0.1, -0.05) is 13.8 Å². The predicted molar refractivity (Wildman–Crippen MR) is 71.9 cm³/mol. The average molecular weight is 273 g/mol. The van der Waals surface area contributed by atoms with E-state index in [0.717, 1.165) is 18.2 Å². The molecule has 1 saturated heterocycles. The third-order valence-electron chi connectivity index (χ3n) is 3.08. The number of hydrogen-bond donors (Lipinski definition) is 1. The summed E-state index contributed by atoms with van der Waals surface area (Å²) >= 11 is 1.86. The van der Waals surface area contributed by atoms with Crippen molar-refractivity contribution in [3.05, 3.63) is 17.7 Å². The van der Waals surface area contributed by atoms with Gasteiger partial charge in [-0.05, 0) is 6.42 Å². The van der Waals surface area contributed by atoms with Gasteiger partial charge >= 0.3 is 0 Å². The fourth-order valence-corrected chi connectivity index (χ4v) is 3.02. The zero-order valence-corrected chi connectivity index (χ0v) is 11.4. The number of rotatable bonds is 1. The van der Waals surface area contributed by atoms with Gasteiger partial charge in [0, 0.05) is 29.7 Å². The summed E-state index contributed by atoms with van der Waals surface area (Å²) < 4.78 is 27.0. The van der Waals surface area contributed by atoms with Crippen molar-refractivity contribution < 1.29 is 8.78 Å². The number of pyridine rings is 1. The molecule has 0 saturated carbocycles. The maximum Gasteiger partial charge on any atom is 0.168 e. The maximum absolute atomic E-state index is 13.7. The Labute approximate surface area is 110 Å². The molecule has 0 aliphatic carbocycles. The Morgan fingerprint density at radius 1 is 1.33 bits per heavy atom. The van der Waals surface area contributed by atoms with E-state index in [2.05, 4.69) is 18.8 Å². The Balaban J connectivity index is 2.24. The van der Waals surface area contributed by atoms with E-state index < -0.39 is 11.6 Å². The minimum atomic E-state index is -0.805. The van der Waals surface area contributed by atoms with E-state index in [4.69, 9.17) is 5.73 Å². The molecule has 2 heterocycles. The Morgan fingerprint density at radius 2 is 2.06 bits per heavy atom. The summed E-state index contributed by atoms with van der Waals surface area (Å²) in [7, 11) is 0. The van der Waals surface area contributed by atoms with Crippen molar-refractivity contribution in [3.63, 3.8) is 0 Å². The van der Waals surface area contributed by atoms with Crippen LogP contribution in [0.5, 0.6) is 0 Å². The summed E-state index contributed by atoms with van der Waals surface area (Å²) in [5, 5.41) is 0. The van der Waals surface area contributed by atoms with Crippen LogP contribution < -0.4 is 10.6 Å². The van der Waals surface area contributed by atoms with Gasteiger partial charge in [0.1, 0.15) is 0 Å². The van der Waals surface area contributed by atoms with Crippen molar-refractivity contribution in [3.8, 4) is 0 Å². The van der Waals surface area contributed by atoms with Gasteiger partial charge in [0.15, 0.2) is 23.3 Å². The quantitative estimate of drug-likeness (QED) is 0.854. The second kappa shape index (κ2) is 4.91. The first-order chi connectivity index (χ1) is 8.39. The molecule has 0 aromatic carbocycles. The predicted octanol–water partition coefficient (Wildman–Crippen LogP) is 2.66. The number of aromatic nitrogens is 1. The number of thioether (sulfide) groups is 1. The molecule has 1 aliphatic heterocycles. The van der Waals surface area contributed by atoms with Gasteiger partial charge < -0.3 is 10.6 Å². The van der Waals surface area contributed by atoms with Crippen LogP contribution in [-0.4, -0.2) is 28.6 Å². The van der Waals surface area contributed by atoms with Crippen molar-refractivity contribution in [2.45, 2.75) is 25.0 Å². The second-order valence-electron chi connectivity index (χ2n) is 5.01. The van der Waals surface area contributed by atoms with Crippen molar-refractivity contribution in [1.82, 2.24) is 4.98 Å². The molecule has 3 nitrogen and oxygen atoms in total. The fourth-order valence-electron chi connectivity index (χ4n) is 1.92. The SMILES string of the molecule is CC1(C)CCN(c2nc(N)c(F)cc2F)CCS1. The van der Waals surface area contributed by atoms with Gasteiger partial charge in [-0.25, -0.2) is 13.8 Å². The topological polar surface area (TPSA) is 42.2 Å². The molecule has 0 bridgehead atoms. The van der Waals surface area contributed by atoms with Crippen molar-refractivity contribution in [2.75, 3.05) is 29.5 Å². The monoisotopic (exact) mass is 273 g/mol. The molecule has 1 aromatic rings. The molecule has 18 heavy (non-hydrogen) atoms. The average Bonchev–Trinajstić information content (AvgIpc) is 2.45. The lowest BCUT2D eigenvalue weighted by molar-refractivity contribution is 0.566. The highest BCUT2D eigenvalue weighted by Crippen LogP contribution is 2.32. The van der Waals surface area contributed by atoms with E-state index in [1.54, 1.807) is 0 Å². The zero-order chi connectivity index (χ0) is 13.3. The van der Waals surface area contributed by atoms with Crippen LogP contribution in [0.3, 0.4) is 0 Å². The molecular formula is C12H17F2N3S. The van der Waals surface area contributed by atoms with Crippen LogP contribution >= 0.6 is 11.8 Å². The lowest BCUT2D eigenvalue weighted by Crippen LogP contribution is -2.29. The Bertz CT molecular complexity index is 451. The van der Waals surface area contributed by atoms with Crippen molar-refractivity contribution in [2.24, 2.45) is 0 Å². The minimum Gasteiger partial charge on any atom is -0.381 e. The molecule has 0 amide bonds. The Morgan fingerprint density at radius 3 is 2.78 bits per heavy atom. The van der Waals surface area contributed by atoms with E-state index >= 15 is 0 Å². The molecule has 1 aliphatic rings. The molecule has 1 fully saturated rings. The highest BCUT2D eigenvalue weighted by atomic mass is 32.2. The van der Waals surface area contributed by atoms with Gasteiger partial charge in [0.05, 0.1) is 0 Å². The summed E-state index contributed by atoms with van der Waals surface area (Å²) in [6.45, 7) is 5.74. The van der Waals surface area contributed by atoms with E-state index in [9.17, 15) is 8.78 Å². The third-order valence-corrected chi connectivity index (χ3v) is 4.45. The first-order valence-corrected chi connectivity index (χ1v) is 6.88. The first-order valence-electron chi connectivity index (χ1n) is 5.89. The van der Waals surface area contributed by atoms with Gasteiger partial charge in [0.2, 0.25) is 0 Å². The van der Waals surface area contributed by atoms with Crippen molar-refractivity contribution in [1.29, 1.82) is 0 Å². The number of nitrogens with two attached hydrogens (primary N) is 1. The highest BCUT2D eigenvalue weighted by Gasteiger charge is 2.26. The Kier molecular flexibility index (Phi) is 3.66. The normalized spacial score (nSPS) is 19.7. The second-order valence-corrected chi connectivity index (χ2v) is 6.81. The maximum atomic E-state index is 13.7. The van der Waals surface area contributed by atoms with Crippen LogP contribution in [-0.2, 0) is 0 Å². The summed E-state index contributed by atoms with van der Waals surface area (Å²) in [5.74, 6) is -0.646. The molecule has 6 heteroatoms. The molecule has 0 unspecified atom stereocenters. The summed E-state index contributed by atoms with van der Waals surface area (Å²) in [4.78, 5) is 5.67. The van der Waals surface area contributed by atoms with E-state index in [1.807, 2.05) is 16.7 Å². The number of anilines is 2. The van der Waals surface area contributed by atoms with Crippen LogP contribution in [0.4, 0.5) is 20.4 Å². The number of nitrogen functional groups attached to an aromatic ring is 1. The molecule has 0 radical (unpaired) electrons. The number of halogens is 2. The van der Waals surface area contributed by atoms with Crippen LogP contribution in [0.2, 0.25) is 0 Å². The Hall–Kier alpha value is -1.04. The summed E-state index contributed by atoms with van der Waals surface area (Å²) in [5.41, 5.74) is 5.40. The first kappa shape index (κ1) is 13.4. The minimum absolute atomic E-state index is 0.159. The van der Waals surface area contributed by atoms with Crippen LogP contribution in [0, 0.1) is 11.6 Å². The van der Waals surface area contributed by atoms with Gasteiger partial charge in [-0.2, -0.15) is 11.8 Å². The lowest BCUT2D eigenvalue weighted by atomic mass is 10.1. The highest BCUT2D eigenvalue weighted by molar-refractivity contribution is 8.00. The molecule has 1 aromatic heterocycles. The largest absolute Gasteiger partial charge is 0.381 e.